The molecule has 1 aliphatic rings. The van der Waals surface area contributed by atoms with E-state index in [1.54, 1.807) is 18.2 Å². The third kappa shape index (κ3) is 2.88. The van der Waals surface area contributed by atoms with Crippen molar-refractivity contribution in [2.24, 2.45) is 5.92 Å². The van der Waals surface area contributed by atoms with E-state index in [4.69, 9.17) is 16.7 Å². The molecule has 0 radical (unpaired) electrons. The summed E-state index contributed by atoms with van der Waals surface area (Å²) in [5, 5.41) is 13.4. The molecule has 1 aliphatic carbocycles. The third-order valence-corrected chi connectivity index (χ3v) is 4.18. The van der Waals surface area contributed by atoms with Crippen LogP contribution in [-0.4, -0.2) is 28.0 Å². The second-order valence-corrected chi connectivity index (χ2v) is 5.87. The average molecular weight is 307 g/mol. The van der Waals surface area contributed by atoms with E-state index in [1.165, 1.54) is 0 Å². The number of carbonyl (C=O) groups excluding carboxylic acids is 1. The number of carboxylic acids is 1. The van der Waals surface area contributed by atoms with Gasteiger partial charge in [0.25, 0.3) is 5.91 Å². The van der Waals surface area contributed by atoms with Crippen molar-refractivity contribution in [3.8, 4) is 0 Å². The van der Waals surface area contributed by atoms with Crippen molar-refractivity contribution in [2.75, 3.05) is 0 Å². The summed E-state index contributed by atoms with van der Waals surface area (Å²) < 4.78 is 0. The summed E-state index contributed by atoms with van der Waals surface area (Å²) in [6, 6.07) is 7.08. The van der Waals surface area contributed by atoms with Crippen LogP contribution in [0.25, 0.3) is 10.9 Å². The number of aliphatic carboxylic acids is 1. The summed E-state index contributed by atoms with van der Waals surface area (Å²) in [6.45, 7) is 0. The maximum atomic E-state index is 12.2. The quantitative estimate of drug-likeness (QED) is 0.815. The van der Waals surface area contributed by atoms with Gasteiger partial charge in [0.15, 0.2) is 0 Å². The zero-order chi connectivity index (χ0) is 15.0. The summed E-state index contributed by atoms with van der Waals surface area (Å²) in [6.07, 6.45) is 1.81. The molecule has 3 N–H and O–H groups in total. The first-order chi connectivity index (χ1) is 10.0. The summed E-state index contributed by atoms with van der Waals surface area (Å²) in [4.78, 5) is 26.2. The fraction of sp³-hybridized carbons (Fsp3) is 0.333. The Morgan fingerprint density at radius 3 is 2.81 bits per heavy atom. The smallest absolute Gasteiger partial charge is 0.306 e. The Kier molecular flexibility index (Phi) is 3.59. The molecule has 1 heterocycles. The van der Waals surface area contributed by atoms with Crippen molar-refractivity contribution < 1.29 is 14.7 Å². The lowest BCUT2D eigenvalue weighted by molar-refractivity contribution is -0.141. The first-order valence-electron chi connectivity index (χ1n) is 6.85. The topological polar surface area (TPSA) is 82.2 Å². The lowest BCUT2D eigenvalue weighted by Gasteiger charge is -2.11. The Morgan fingerprint density at radius 1 is 1.29 bits per heavy atom. The molecular formula is C15H15ClN2O3. The Labute approximate surface area is 126 Å². The second-order valence-electron chi connectivity index (χ2n) is 5.43. The minimum absolute atomic E-state index is 0.0754. The van der Waals surface area contributed by atoms with Crippen molar-refractivity contribution >= 4 is 34.4 Å². The first kappa shape index (κ1) is 13.9. The number of benzene rings is 1. The largest absolute Gasteiger partial charge is 0.481 e. The summed E-state index contributed by atoms with van der Waals surface area (Å²) in [5.41, 5.74) is 1.27. The molecule has 1 aromatic heterocycles. The van der Waals surface area contributed by atoms with Gasteiger partial charge < -0.3 is 15.4 Å². The Balaban J connectivity index is 1.71. The number of hydrogen-bond acceptors (Lipinski definition) is 2. The van der Waals surface area contributed by atoms with E-state index in [-0.39, 0.29) is 17.9 Å². The van der Waals surface area contributed by atoms with Gasteiger partial charge in [-0.1, -0.05) is 17.7 Å². The predicted octanol–water partition coefficient (Wildman–Crippen LogP) is 2.80. The summed E-state index contributed by atoms with van der Waals surface area (Å²) >= 11 is 5.91. The first-order valence-corrected chi connectivity index (χ1v) is 7.22. The van der Waals surface area contributed by atoms with Crippen LogP contribution < -0.4 is 5.32 Å². The van der Waals surface area contributed by atoms with Gasteiger partial charge in [0.05, 0.1) is 5.92 Å². The summed E-state index contributed by atoms with van der Waals surface area (Å²) in [7, 11) is 0. The minimum Gasteiger partial charge on any atom is -0.481 e. The third-order valence-electron chi connectivity index (χ3n) is 3.95. The highest BCUT2D eigenvalue weighted by Crippen LogP contribution is 2.26. The van der Waals surface area contributed by atoms with Crippen LogP contribution in [0.1, 0.15) is 29.8 Å². The van der Waals surface area contributed by atoms with Crippen LogP contribution in [0.15, 0.2) is 24.3 Å². The molecule has 2 aromatic rings. The van der Waals surface area contributed by atoms with E-state index in [0.29, 0.717) is 30.0 Å². The normalized spacial score (nSPS) is 21.6. The van der Waals surface area contributed by atoms with Gasteiger partial charge in [-0.2, -0.15) is 0 Å². The predicted molar refractivity (Wildman–Crippen MR) is 79.5 cm³/mol. The van der Waals surface area contributed by atoms with Crippen molar-refractivity contribution in [2.45, 2.75) is 25.3 Å². The molecule has 0 saturated heterocycles. The molecule has 0 unspecified atom stereocenters. The molecule has 5 nitrogen and oxygen atoms in total. The van der Waals surface area contributed by atoms with Gasteiger partial charge in [-0.15, -0.1) is 0 Å². The lowest BCUT2D eigenvalue weighted by Crippen LogP contribution is -2.33. The van der Waals surface area contributed by atoms with Crippen molar-refractivity contribution in [3.05, 3.63) is 35.0 Å². The summed E-state index contributed by atoms with van der Waals surface area (Å²) in [5.74, 6) is -1.35. The number of aromatic nitrogens is 1. The van der Waals surface area contributed by atoms with E-state index in [0.717, 1.165) is 10.9 Å². The highest BCUT2D eigenvalue weighted by molar-refractivity contribution is 6.31. The molecule has 2 atom stereocenters. The lowest BCUT2D eigenvalue weighted by atomic mass is 10.1. The fourth-order valence-corrected chi connectivity index (χ4v) is 2.99. The van der Waals surface area contributed by atoms with E-state index < -0.39 is 5.97 Å². The maximum absolute atomic E-state index is 12.2. The van der Waals surface area contributed by atoms with Crippen molar-refractivity contribution in [1.82, 2.24) is 10.3 Å². The van der Waals surface area contributed by atoms with E-state index >= 15 is 0 Å². The number of aromatic amines is 1. The molecule has 6 heteroatoms. The number of halogens is 1. The number of nitrogens with one attached hydrogen (secondary N) is 2. The molecular weight excluding hydrogens is 292 g/mol. The molecule has 1 saturated carbocycles. The molecule has 1 amide bonds. The molecule has 0 aliphatic heterocycles. The SMILES string of the molecule is O=C(N[C@H]1CC[C@@H](C(=O)O)C1)c1cc2ccc(Cl)cc2[nH]1. The van der Waals surface area contributed by atoms with Crippen LogP contribution in [0.5, 0.6) is 0 Å². The van der Waals surface area contributed by atoms with Crippen LogP contribution in [0.4, 0.5) is 0 Å². The molecule has 110 valence electrons. The Morgan fingerprint density at radius 2 is 2.10 bits per heavy atom. The van der Waals surface area contributed by atoms with Gasteiger partial charge in [-0.05, 0) is 37.5 Å². The van der Waals surface area contributed by atoms with Crippen LogP contribution >= 0.6 is 11.6 Å². The Bertz CT molecular complexity index is 710. The minimum atomic E-state index is -0.785. The van der Waals surface area contributed by atoms with E-state index in [1.807, 2.05) is 6.07 Å². The van der Waals surface area contributed by atoms with Crippen LogP contribution in [0.3, 0.4) is 0 Å². The second kappa shape index (κ2) is 5.41. The van der Waals surface area contributed by atoms with Crippen molar-refractivity contribution in [1.29, 1.82) is 0 Å². The molecule has 0 bridgehead atoms. The van der Waals surface area contributed by atoms with Crippen LogP contribution in [-0.2, 0) is 4.79 Å². The number of rotatable bonds is 3. The zero-order valence-corrected chi connectivity index (χ0v) is 12.0. The van der Waals surface area contributed by atoms with Gasteiger partial charge in [0, 0.05) is 22.0 Å². The van der Waals surface area contributed by atoms with Gasteiger partial charge in [-0.25, -0.2) is 0 Å². The number of amides is 1. The van der Waals surface area contributed by atoms with Gasteiger partial charge in [0.1, 0.15) is 5.69 Å². The maximum Gasteiger partial charge on any atom is 0.306 e. The van der Waals surface area contributed by atoms with Gasteiger partial charge >= 0.3 is 5.97 Å². The molecule has 1 aromatic carbocycles. The highest BCUT2D eigenvalue weighted by atomic mass is 35.5. The molecule has 1 fully saturated rings. The molecule has 3 rings (SSSR count). The Hall–Kier alpha value is -2.01. The van der Waals surface area contributed by atoms with Gasteiger partial charge in [-0.3, -0.25) is 9.59 Å². The number of hydrogen-bond donors (Lipinski definition) is 3. The highest BCUT2D eigenvalue weighted by Gasteiger charge is 2.30. The number of carbonyl (C=O) groups is 2. The molecule has 0 spiro atoms. The fourth-order valence-electron chi connectivity index (χ4n) is 2.82. The zero-order valence-electron chi connectivity index (χ0n) is 11.2. The average Bonchev–Trinajstić information content (AvgIpc) is 3.04. The van der Waals surface area contributed by atoms with E-state index in [2.05, 4.69) is 10.3 Å². The van der Waals surface area contributed by atoms with Crippen LogP contribution in [0.2, 0.25) is 5.02 Å². The van der Waals surface area contributed by atoms with Gasteiger partial charge in [0.2, 0.25) is 0 Å². The number of H-pyrrole nitrogens is 1. The van der Waals surface area contributed by atoms with Crippen LogP contribution in [0, 0.1) is 5.92 Å². The van der Waals surface area contributed by atoms with Crippen molar-refractivity contribution in [3.63, 3.8) is 0 Å². The monoisotopic (exact) mass is 306 g/mol. The molecule has 21 heavy (non-hydrogen) atoms. The number of fused-ring (bicyclic) bond motifs is 1. The standard InChI is InChI=1S/C15H15ClN2O3/c16-10-3-1-8-6-13(18-12(8)7-10)14(19)17-11-4-2-9(5-11)15(20)21/h1,3,6-7,9,11,18H,2,4-5H2,(H,17,19)(H,20,21)/t9-,11+/m1/s1. The van der Waals surface area contributed by atoms with E-state index in [9.17, 15) is 9.59 Å². The number of carboxylic acid groups (broad SMARTS) is 1.